The van der Waals surface area contributed by atoms with E-state index >= 15 is 0 Å². The lowest BCUT2D eigenvalue weighted by molar-refractivity contribution is 0.0910. The number of para-hydroxylation sites is 1. The molecule has 2 aliphatic rings. The second-order valence-corrected chi connectivity index (χ2v) is 10.0. The molecular formula is C28H28N2O3. The number of benzene rings is 2. The molecule has 0 unspecified atom stereocenters. The number of amides is 1. The number of Topliss-reactive ketones (excluding diaryl/α,β-unsaturated/α-hetero) is 1. The highest BCUT2D eigenvalue weighted by atomic mass is 16.2. The number of rotatable bonds is 2. The van der Waals surface area contributed by atoms with E-state index in [9.17, 15) is 14.4 Å². The van der Waals surface area contributed by atoms with Gasteiger partial charge in [0.1, 0.15) is 5.56 Å². The highest BCUT2D eigenvalue weighted by Crippen LogP contribution is 2.37. The largest absolute Gasteiger partial charge is 0.308 e. The predicted molar refractivity (Wildman–Crippen MR) is 130 cm³/mol. The molecule has 1 aliphatic heterocycles. The molecule has 0 N–H and O–H groups in total. The number of pyridine rings is 1. The van der Waals surface area contributed by atoms with Gasteiger partial charge in [0.2, 0.25) is 0 Å². The number of carbonyl (C=O) groups is 2. The molecule has 2 heterocycles. The summed E-state index contributed by atoms with van der Waals surface area (Å²) < 4.78 is 1.47. The maximum absolute atomic E-state index is 14.0. The summed E-state index contributed by atoms with van der Waals surface area (Å²) in [6.45, 7) is 6.57. The van der Waals surface area contributed by atoms with Gasteiger partial charge < -0.3 is 4.90 Å². The molecule has 5 heteroatoms. The van der Waals surface area contributed by atoms with Crippen LogP contribution in [0.4, 0.5) is 5.69 Å². The summed E-state index contributed by atoms with van der Waals surface area (Å²) in [4.78, 5) is 42.7. The molecule has 168 valence electrons. The van der Waals surface area contributed by atoms with Gasteiger partial charge >= 0.3 is 0 Å². The summed E-state index contributed by atoms with van der Waals surface area (Å²) in [5, 5.41) is 0. The van der Waals surface area contributed by atoms with Crippen molar-refractivity contribution in [2.75, 3.05) is 11.4 Å². The van der Waals surface area contributed by atoms with E-state index in [4.69, 9.17) is 0 Å². The third-order valence-electron chi connectivity index (χ3n) is 6.79. The summed E-state index contributed by atoms with van der Waals surface area (Å²) in [7, 11) is 0. The van der Waals surface area contributed by atoms with Gasteiger partial charge in [0.25, 0.3) is 11.5 Å². The first-order valence-electron chi connectivity index (χ1n) is 11.5. The van der Waals surface area contributed by atoms with Crippen molar-refractivity contribution in [3.05, 3.63) is 92.9 Å². The fourth-order valence-corrected chi connectivity index (χ4v) is 5.14. The molecule has 0 saturated heterocycles. The van der Waals surface area contributed by atoms with Crippen molar-refractivity contribution in [3.8, 4) is 5.69 Å². The van der Waals surface area contributed by atoms with Gasteiger partial charge in [-0.2, -0.15) is 0 Å². The molecule has 5 rings (SSSR count). The van der Waals surface area contributed by atoms with Crippen LogP contribution in [0.3, 0.4) is 0 Å². The zero-order chi connectivity index (χ0) is 23.3. The number of fused-ring (bicyclic) bond motifs is 2. The standard InChI is InChI=1S/C28H28N2O3/c1-18-10-12-20(13-11-18)30-17-22-21(15-28(2,3)16-24(22)31)25(27(30)33)26(32)29-14-6-8-19-7-4-5-9-23(19)29/h4-5,7,9-13,17H,6,8,14-16H2,1-3H3. The second-order valence-electron chi connectivity index (χ2n) is 10.0. The number of anilines is 1. The number of hydrogen-bond donors (Lipinski definition) is 0. The van der Waals surface area contributed by atoms with E-state index in [-0.39, 0.29) is 28.2 Å². The highest BCUT2D eigenvalue weighted by molar-refractivity contribution is 6.10. The lowest BCUT2D eigenvalue weighted by Gasteiger charge is -2.34. The molecule has 3 aromatic rings. The quantitative estimate of drug-likeness (QED) is 0.570. The van der Waals surface area contributed by atoms with Crippen LogP contribution < -0.4 is 10.5 Å². The molecule has 0 saturated carbocycles. The molecule has 0 spiro atoms. The van der Waals surface area contributed by atoms with E-state index in [1.54, 1.807) is 11.1 Å². The van der Waals surface area contributed by atoms with Crippen molar-refractivity contribution in [2.24, 2.45) is 5.41 Å². The molecular weight excluding hydrogens is 412 g/mol. The van der Waals surface area contributed by atoms with E-state index in [1.165, 1.54) is 4.57 Å². The van der Waals surface area contributed by atoms with E-state index in [0.717, 1.165) is 29.7 Å². The summed E-state index contributed by atoms with van der Waals surface area (Å²) in [6.07, 6.45) is 4.31. The fourth-order valence-electron chi connectivity index (χ4n) is 5.14. The van der Waals surface area contributed by atoms with Crippen LogP contribution in [0.25, 0.3) is 5.69 Å². The Morgan fingerprint density at radius 2 is 1.70 bits per heavy atom. The van der Waals surface area contributed by atoms with Gasteiger partial charge in [-0.25, -0.2) is 0 Å². The molecule has 0 atom stereocenters. The monoisotopic (exact) mass is 440 g/mol. The van der Waals surface area contributed by atoms with Crippen molar-refractivity contribution in [1.29, 1.82) is 0 Å². The normalized spacial score (nSPS) is 16.8. The number of aryl methyl sites for hydroxylation is 2. The molecule has 0 fully saturated rings. The maximum atomic E-state index is 14.0. The molecule has 1 aliphatic carbocycles. The molecule has 1 aromatic heterocycles. The Kier molecular flexibility index (Phi) is 5.08. The highest BCUT2D eigenvalue weighted by Gasteiger charge is 2.37. The van der Waals surface area contributed by atoms with Crippen molar-refractivity contribution in [3.63, 3.8) is 0 Å². The average molecular weight is 441 g/mol. The summed E-state index contributed by atoms with van der Waals surface area (Å²) in [5.41, 5.74) is 4.23. The SMILES string of the molecule is Cc1ccc(-n2cc3c(c(C(=O)N4CCCc5ccccc54)c2=O)CC(C)(C)CC3=O)cc1. The number of hydrogen-bond acceptors (Lipinski definition) is 3. The second kappa shape index (κ2) is 7.84. The smallest absolute Gasteiger partial charge is 0.268 e. The van der Waals surface area contributed by atoms with E-state index in [2.05, 4.69) is 0 Å². The predicted octanol–water partition coefficient (Wildman–Crippen LogP) is 4.89. The molecule has 2 aromatic carbocycles. The van der Waals surface area contributed by atoms with Gasteiger partial charge in [0.15, 0.2) is 5.78 Å². The van der Waals surface area contributed by atoms with E-state index < -0.39 is 0 Å². The minimum atomic E-state index is -0.365. The van der Waals surface area contributed by atoms with Gasteiger partial charge in [-0.1, -0.05) is 49.7 Å². The maximum Gasteiger partial charge on any atom is 0.268 e. The Morgan fingerprint density at radius 3 is 2.45 bits per heavy atom. The molecule has 1 amide bonds. The number of ketones is 1. The number of nitrogens with zero attached hydrogens (tertiary/aromatic N) is 2. The zero-order valence-corrected chi connectivity index (χ0v) is 19.4. The van der Waals surface area contributed by atoms with Crippen LogP contribution in [0.1, 0.15) is 64.1 Å². The van der Waals surface area contributed by atoms with Crippen LogP contribution in [0.2, 0.25) is 0 Å². The van der Waals surface area contributed by atoms with Crippen molar-refractivity contribution in [2.45, 2.75) is 46.5 Å². The minimum absolute atomic E-state index is 0.0183. The van der Waals surface area contributed by atoms with Gasteiger partial charge in [-0.15, -0.1) is 0 Å². The Morgan fingerprint density at radius 1 is 0.970 bits per heavy atom. The van der Waals surface area contributed by atoms with Gasteiger partial charge in [-0.3, -0.25) is 19.0 Å². The lowest BCUT2D eigenvalue weighted by Crippen LogP contribution is -2.42. The van der Waals surface area contributed by atoms with Crippen LogP contribution in [-0.2, 0) is 12.8 Å². The van der Waals surface area contributed by atoms with E-state index in [0.29, 0.717) is 36.2 Å². The summed E-state index contributed by atoms with van der Waals surface area (Å²) >= 11 is 0. The molecule has 33 heavy (non-hydrogen) atoms. The first-order valence-corrected chi connectivity index (χ1v) is 11.5. The van der Waals surface area contributed by atoms with Crippen LogP contribution in [-0.4, -0.2) is 22.8 Å². The Balaban J connectivity index is 1.74. The Bertz CT molecular complexity index is 1330. The first-order chi connectivity index (χ1) is 15.7. The van der Waals surface area contributed by atoms with Crippen molar-refractivity contribution in [1.82, 2.24) is 4.57 Å². The minimum Gasteiger partial charge on any atom is -0.308 e. The van der Waals surface area contributed by atoms with Gasteiger partial charge in [-0.05, 0) is 60.9 Å². The summed E-state index contributed by atoms with van der Waals surface area (Å²) in [6, 6.07) is 15.4. The van der Waals surface area contributed by atoms with E-state index in [1.807, 2.05) is 69.3 Å². The van der Waals surface area contributed by atoms with Crippen molar-refractivity contribution >= 4 is 17.4 Å². The topological polar surface area (TPSA) is 59.4 Å². The average Bonchev–Trinajstić information content (AvgIpc) is 2.78. The first kappa shape index (κ1) is 21.4. The zero-order valence-electron chi connectivity index (χ0n) is 19.4. The van der Waals surface area contributed by atoms with Crippen molar-refractivity contribution < 1.29 is 9.59 Å². The third kappa shape index (κ3) is 3.71. The molecule has 0 radical (unpaired) electrons. The third-order valence-corrected chi connectivity index (χ3v) is 6.79. The Hall–Kier alpha value is -3.47. The van der Waals surface area contributed by atoms with Gasteiger partial charge in [0.05, 0.1) is 0 Å². The Labute approximate surface area is 193 Å². The van der Waals surface area contributed by atoms with Gasteiger partial charge in [0, 0.05) is 36.1 Å². The van der Waals surface area contributed by atoms with Crippen LogP contribution >= 0.6 is 0 Å². The molecule has 5 nitrogen and oxygen atoms in total. The fraction of sp³-hybridized carbons (Fsp3) is 0.321. The molecule has 0 bridgehead atoms. The summed E-state index contributed by atoms with van der Waals surface area (Å²) in [5.74, 6) is -0.328. The van der Waals surface area contributed by atoms with Crippen LogP contribution in [0.5, 0.6) is 0 Å². The van der Waals surface area contributed by atoms with Crippen LogP contribution in [0, 0.1) is 12.3 Å². The number of carbonyl (C=O) groups excluding carboxylic acids is 2. The van der Waals surface area contributed by atoms with Crippen LogP contribution in [0.15, 0.2) is 59.5 Å². The lowest BCUT2D eigenvalue weighted by atomic mass is 9.73. The number of aromatic nitrogens is 1.